The molecule has 1 aromatic heterocycles. The minimum Gasteiger partial charge on any atom is -0.289 e. The van der Waals surface area contributed by atoms with Gasteiger partial charge in [-0.05, 0) is 12.1 Å². The number of carbonyl (C=O) groups excluding carboxylic acids is 2. The van der Waals surface area contributed by atoms with Crippen molar-refractivity contribution in [1.82, 2.24) is 4.98 Å². The molecule has 1 aliphatic rings. The molecule has 0 atom stereocenters. The Kier molecular flexibility index (Phi) is 2.12. The van der Waals surface area contributed by atoms with Crippen LogP contribution in [0.4, 0.5) is 0 Å². The van der Waals surface area contributed by atoms with Crippen LogP contribution in [0.2, 0.25) is 0 Å². The van der Waals surface area contributed by atoms with E-state index in [1.807, 2.05) is 18.2 Å². The molecule has 94 valence electrons. The molecule has 0 saturated heterocycles. The van der Waals surface area contributed by atoms with E-state index in [0.717, 1.165) is 5.39 Å². The Bertz CT molecular complexity index is 896. The number of ketones is 2. The van der Waals surface area contributed by atoms with Gasteiger partial charge in [0.15, 0.2) is 11.6 Å². The number of benzene rings is 2. The van der Waals surface area contributed by atoms with Crippen LogP contribution in [0.3, 0.4) is 0 Å². The molecule has 1 heterocycles. The Labute approximate surface area is 114 Å². The summed E-state index contributed by atoms with van der Waals surface area (Å²) in [5.74, 6) is -0.234. The van der Waals surface area contributed by atoms with Gasteiger partial charge < -0.3 is 0 Å². The molecule has 20 heavy (non-hydrogen) atoms. The van der Waals surface area contributed by atoms with E-state index in [0.29, 0.717) is 27.8 Å². The number of hydrogen-bond acceptors (Lipinski definition) is 3. The minimum absolute atomic E-state index is 0.109. The van der Waals surface area contributed by atoms with Gasteiger partial charge in [-0.3, -0.25) is 14.6 Å². The van der Waals surface area contributed by atoms with Crippen LogP contribution in [0.1, 0.15) is 31.8 Å². The molecular formula is C17H9NO2. The summed E-state index contributed by atoms with van der Waals surface area (Å²) in [5.41, 5.74) is 2.40. The van der Waals surface area contributed by atoms with Crippen molar-refractivity contribution in [1.29, 1.82) is 0 Å². The smallest absolute Gasteiger partial charge is 0.196 e. The molecule has 0 spiro atoms. The summed E-state index contributed by atoms with van der Waals surface area (Å²) in [7, 11) is 0. The van der Waals surface area contributed by atoms with Crippen LogP contribution in [-0.2, 0) is 0 Å². The van der Waals surface area contributed by atoms with Gasteiger partial charge in [-0.15, -0.1) is 0 Å². The second-order valence-corrected chi connectivity index (χ2v) is 4.77. The maximum absolute atomic E-state index is 12.7. The van der Waals surface area contributed by atoms with Gasteiger partial charge in [0.1, 0.15) is 0 Å². The summed E-state index contributed by atoms with van der Waals surface area (Å²) in [6.07, 6.45) is 1.64. The van der Waals surface area contributed by atoms with Crippen LogP contribution >= 0.6 is 0 Å². The highest BCUT2D eigenvalue weighted by Gasteiger charge is 2.31. The fourth-order valence-corrected chi connectivity index (χ4v) is 2.72. The Hall–Kier alpha value is -2.81. The third-order valence-corrected chi connectivity index (χ3v) is 3.66. The van der Waals surface area contributed by atoms with Gasteiger partial charge in [0.25, 0.3) is 0 Å². The summed E-state index contributed by atoms with van der Waals surface area (Å²) in [4.78, 5) is 29.5. The van der Waals surface area contributed by atoms with Gasteiger partial charge in [0.2, 0.25) is 0 Å². The Morgan fingerprint density at radius 3 is 2.25 bits per heavy atom. The second kappa shape index (κ2) is 3.84. The standard InChI is InChI=1S/C17H9NO2/c19-16-11-5-1-2-6-12(11)17(20)14-13(16)8-7-10-4-3-9-18-15(10)14/h1-9H. The second-order valence-electron chi connectivity index (χ2n) is 4.77. The molecule has 0 amide bonds. The summed E-state index contributed by atoms with van der Waals surface area (Å²) < 4.78 is 0. The number of rotatable bonds is 0. The third kappa shape index (κ3) is 1.32. The highest BCUT2D eigenvalue weighted by Crippen LogP contribution is 2.31. The number of nitrogens with zero attached hydrogens (tertiary/aromatic N) is 1. The Balaban J connectivity index is 2.14. The third-order valence-electron chi connectivity index (χ3n) is 3.66. The zero-order valence-electron chi connectivity index (χ0n) is 10.5. The highest BCUT2D eigenvalue weighted by molar-refractivity contribution is 6.31. The SMILES string of the molecule is O=C1c2ccccc2C(=O)c2c1ccc1cccnc21. The van der Waals surface area contributed by atoms with Gasteiger partial charge in [-0.1, -0.05) is 36.4 Å². The molecule has 0 unspecified atom stereocenters. The lowest BCUT2D eigenvalue weighted by Gasteiger charge is -2.18. The predicted molar refractivity (Wildman–Crippen MR) is 75.1 cm³/mol. The molecule has 3 heteroatoms. The van der Waals surface area contributed by atoms with E-state index >= 15 is 0 Å². The molecule has 4 rings (SSSR count). The monoisotopic (exact) mass is 259 g/mol. The predicted octanol–water partition coefficient (Wildman–Crippen LogP) is 3.01. The van der Waals surface area contributed by atoms with E-state index in [9.17, 15) is 9.59 Å². The molecule has 3 aromatic rings. The summed E-state index contributed by atoms with van der Waals surface area (Å²) in [6.45, 7) is 0. The highest BCUT2D eigenvalue weighted by atomic mass is 16.1. The first-order valence-corrected chi connectivity index (χ1v) is 6.33. The van der Waals surface area contributed by atoms with E-state index in [-0.39, 0.29) is 11.6 Å². The molecule has 3 nitrogen and oxygen atoms in total. The van der Waals surface area contributed by atoms with Crippen LogP contribution < -0.4 is 0 Å². The van der Waals surface area contributed by atoms with E-state index in [1.165, 1.54) is 0 Å². The van der Waals surface area contributed by atoms with E-state index < -0.39 is 0 Å². The molecule has 1 aliphatic carbocycles. The molecule has 0 N–H and O–H groups in total. The van der Waals surface area contributed by atoms with Crippen LogP contribution in [0.25, 0.3) is 10.9 Å². The zero-order valence-corrected chi connectivity index (χ0v) is 10.5. The largest absolute Gasteiger partial charge is 0.289 e. The fourth-order valence-electron chi connectivity index (χ4n) is 2.72. The lowest BCUT2D eigenvalue weighted by Crippen LogP contribution is -2.21. The maximum Gasteiger partial charge on any atom is 0.196 e. The first-order chi connectivity index (χ1) is 9.77. The van der Waals surface area contributed by atoms with Crippen molar-refractivity contribution in [3.05, 3.63) is 77.0 Å². The van der Waals surface area contributed by atoms with Crippen molar-refractivity contribution < 1.29 is 9.59 Å². The van der Waals surface area contributed by atoms with Crippen molar-refractivity contribution in [3.8, 4) is 0 Å². The molecule has 0 bridgehead atoms. The van der Waals surface area contributed by atoms with Crippen LogP contribution in [0.5, 0.6) is 0 Å². The molecule has 0 aliphatic heterocycles. The maximum atomic E-state index is 12.7. The van der Waals surface area contributed by atoms with Gasteiger partial charge in [-0.2, -0.15) is 0 Å². The van der Waals surface area contributed by atoms with E-state index in [1.54, 1.807) is 36.5 Å². The zero-order chi connectivity index (χ0) is 13.7. The molecule has 0 fully saturated rings. The number of hydrogen-bond donors (Lipinski definition) is 0. The lowest BCUT2D eigenvalue weighted by molar-refractivity contribution is 0.0980. The number of carbonyl (C=O) groups is 2. The van der Waals surface area contributed by atoms with Gasteiger partial charge in [0.05, 0.1) is 11.1 Å². The normalized spacial score (nSPS) is 13.2. The van der Waals surface area contributed by atoms with Crippen molar-refractivity contribution in [2.75, 3.05) is 0 Å². The fraction of sp³-hybridized carbons (Fsp3) is 0. The quantitative estimate of drug-likeness (QED) is 0.487. The number of fused-ring (bicyclic) bond motifs is 4. The van der Waals surface area contributed by atoms with Crippen LogP contribution in [0, 0.1) is 0 Å². The Morgan fingerprint density at radius 2 is 1.45 bits per heavy atom. The first-order valence-electron chi connectivity index (χ1n) is 6.33. The van der Waals surface area contributed by atoms with Gasteiger partial charge in [0, 0.05) is 28.3 Å². The van der Waals surface area contributed by atoms with Crippen LogP contribution in [0.15, 0.2) is 54.7 Å². The van der Waals surface area contributed by atoms with Crippen molar-refractivity contribution in [2.45, 2.75) is 0 Å². The van der Waals surface area contributed by atoms with Crippen molar-refractivity contribution in [3.63, 3.8) is 0 Å². The molecule has 0 radical (unpaired) electrons. The lowest BCUT2D eigenvalue weighted by atomic mass is 9.83. The first kappa shape index (κ1) is 11.1. The minimum atomic E-state index is -0.125. The molecule has 2 aromatic carbocycles. The summed E-state index contributed by atoms with van der Waals surface area (Å²) in [6, 6.07) is 14.2. The number of pyridine rings is 1. The average Bonchev–Trinajstić information content (AvgIpc) is 2.51. The molecular weight excluding hydrogens is 250 g/mol. The Morgan fingerprint density at radius 1 is 0.700 bits per heavy atom. The topological polar surface area (TPSA) is 47.0 Å². The van der Waals surface area contributed by atoms with Crippen molar-refractivity contribution in [2.24, 2.45) is 0 Å². The van der Waals surface area contributed by atoms with E-state index in [4.69, 9.17) is 0 Å². The summed E-state index contributed by atoms with van der Waals surface area (Å²) in [5, 5.41) is 0.867. The van der Waals surface area contributed by atoms with Crippen LogP contribution in [-0.4, -0.2) is 16.6 Å². The molecule has 0 saturated carbocycles. The average molecular weight is 259 g/mol. The van der Waals surface area contributed by atoms with Crippen molar-refractivity contribution >= 4 is 22.5 Å². The van der Waals surface area contributed by atoms with E-state index in [2.05, 4.69) is 4.98 Å². The van der Waals surface area contributed by atoms with Gasteiger partial charge >= 0.3 is 0 Å². The summed E-state index contributed by atoms with van der Waals surface area (Å²) >= 11 is 0. The number of aromatic nitrogens is 1. The van der Waals surface area contributed by atoms with Gasteiger partial charge in [-0.25, -0.2) is 0 Å².